The summed E-state index contributed by atoms with van der Waals surface area (Å²) in [6.45, 7) is 3.91. The summed E-state index contributed by atoms with van der Waals surface area (Å²) in [7, 11) is 0. The van der Waals surface area contributed by atoms with Crippen molar-refractivity contribution in [1.82, 2.24) is 29.1 Å². The Morgan fingerprint density at radius 3 is 2.60 bits per heavy atom. The van der Waals surface area contributed by atoms with Gasteiger partial charge < -0.3 is 9.13 Å². The predicted molar refractivity (Wildman–Crippen MR) is 159 cm³/mol. The Bertz CT molecular complexity index is 1930. The van der Waals surface area contributed by atoms with E-state index in [-0.39, 0.29) is 0 Å². The normalized spacial score (nSPS) is 13.8. The number of nitrogens with zero attached hydrogens (tertiary/aromatic N) is 7. The zero-order chi connectivity index (χ0) is 27.1. The number of benzene rings is 3. The molecule has 0 atom stereocenters. The first-order valence-corrected chi connectivity index (χ1v) is 14.0. The van der Waals surface area contributed by atoms with Crippen LogP contribution in [0, 0.1) is 11.3 Å². The standard InChI is InChI=1S/C33H29N7/c1-2-38-29-14-9-8-13-27(29)28-20-23(16-17-30(28)38)32-25(22-40(37-32)26-11-5-3-6-12-26)19-24(21-34)33-36-35-31-15-7-4-10-18-39(31)33/h3,5-6,8-9,11-14,16-17,19-20,22H,2,4,7,10,15,18H2,1H3/b24-19+. The number of aryl methyl sites for hydroxylation is 2. The SMILES string of the molecule is CCn1c2ccccc2c2cc(-c3nn(-c4ccccc4)cc3/C=C(\C#N)c3nnc4n3CCCCC4)ccc21. The summed E-state index contributed by atoms with van der Waals surface area (Å²) in [5.74, 6) is 1.60. The molecular formula is C33H29N7. The van der Waals surface area contributed by atoms with Gasteiger partial charge in [0, 0.05) is 58.6 Å². The first-order valence-electron chi connectivity index (χ1n) is 14.0. The molecule has 0 aliphatic carbocycles. The molecule has 0 radical (unpaired) electrons. The lowest BCUT2D eigenvalue weighted by Crippen LogP contribution is -2.05. The zero-order valence-corrected chi connectivity index (χ0v) is 22.5. The molecule has 1 aliphatic rings. The van der Waals surface area contributed by atoms with Gasteiger partial charge in [0.1, 0.15) is 17.6 Å². The Hall–Kier alpha value is -4.96. The van der Waals surface area contributed by atoms with Crippen LogP contribution in [0.5, 0.6) is 0 Å². The summed E-state index contributed by atoms with van der Waals surface area (Å²) in [5, 5.41) is 26.6. The number of hydrogen-bond acceptors (Lipinski definition) is 4. The summed E-state index contributed by atoms with van der Waals surface area (Å²) in [6.07, 6.45) is 8.16. The zero-order valence-electron chi connectivity index (χ0n) is 22.5. The molecular weight excluding hydrogens is 494 g/mol. The maximum Gasteiger partial charge on any atom is 0.174 e. The van der Waals surface area contributed by atoms with Crippen LogP contribution >= 0.6 is 0 Å². The Balaban J connectivity index is 1.42. The molecule has 196 valence electrons. The number of fused-ring (bicyclic) bond motifs is 4. The molecule has 3 aromatic carbocycles. The Kier molecular flexibility index (Phi) is 6.01. The van der Waals surface area contributed by atoms with Crippen molar-refractivity contribution in [3.63, 3.8) is 0 Å². The molecule has 40 heavy (non-hydrogen) atoms. The van der Waals surface area contributed by atoms with Crippen LogP contribution < -0.4 is 0 Å². The minimum absolute atomic E-state index is 0.498. The number of nitriles is 1. The van der Waals surface area contributed by atoms with Crippen LogP contribution in [-0.4, -0.2) is 29.1 Å². The van der Waals surface area contributed by atoms with Gasteiger partial charge >= 0.3 is 0 Å². The lowest BCUT2D eigenvalue weighted by atomic mass is 10.0. The van der Waals surface area contributed by atoms with Crippen LogP contribution in [0.15, 0.2) is 79.0 Å². The lowest BCUT2D eigenvalue weighted by molar-refractivity contribution is 0.627. The van der Waals surface area contributed by atoms with Crippen LogP contribution in [0.4, 0.5) is 0 Å². The minimum atomic E-state index is 0.498. The number of allylic oxidation sites excluding steroid dienone is 1. The molecule has 0 fully saturated rings. The highest BCUT2D eigenvalue weighted by Gasteiger charge is 2.20. The van der Waals surface area contributed by atoms with Crippen LogP contribution in [0.3, 0.4) is 0 Å². The van der Waals surface area contributed by atoms with Crippen LogP contribution in [0.1, 0.15) is 43.4 Å². The second kappa shape index (κ2) is 9.97. The monoisotopic (exact) mass is 523 g/mol. The molecule has 0 unspecified atom stereocenters. The fraction of sp³-hybridized carbons (Fsp3) is 0.212. The second-order valence-corrected chi connectivity index (χ2v) is 10.3. The average Bonchev–Trinajstić information content (AvgIpc) is 3.64. The topological polar surface area (TPSA) is 77.2 Å². The third-order valence-corrected chi connectivity index (χ3v) is 7.90. The molecule has 0 saturated heterocycles. The van der Waals surface area contributed by atoms with Crippen molar-refractivity contribution >= 4 is 33.5 Å². The highest BCUT2D eigenvalue weighted by molar-refractivity contribution is 6.09. The molecule has 4 heterocycles. The van der Waals surface area contributed by atoms with Gasteiger partial charge in [-0.1, -0.05) is 48.9 Å². The van der Waals surface area contributed by atoms with E-state index in [0.29, 0.717) is 11.4 Å². The quantitative estimate of drug-likeness (QED) is 0.227. The Labute approximate surface area is 232 Å². The molecule has 0 spiro atoms. The fourth-order valence-corrected chi connectivity index (χ4v) is 5.96. The van der Waals surface area contributed by atoms with Gasteiger partial charge in [-0.3, -0.25) is 0 Å². The van der Waals surface area contributed by atoms with E-state index in [1.54, 1.807) is 0 Å². The highest BCUT2D eigenvalue weighted by Crippen LogP contribution is 2.34. The van der Waals surface area contributed by atoms with E-state index in [4.69, 9.17) is 5.10 Å². The van der Waals surface area contributed by atoms with Gasteiger partial charge in [-0.05, 0) is 56.2 Å². The Morgan fingerprint density at radius 1 is 0.925 bits per heavy atom. The first kappa shape index (κ1) is 24.1. The smallest absolute Gasteiger partial charge is 0.174 e. The second-order valence-electron chi connectivity index (χ2n) is 10.3. The summed E-state index contributed by atoms with van der Waals surface area (Å²) in [5.41, 5.74) is 6.58. The Morgan fingerprint density at radius 2 is 1.75 bits per heavy atom. The number of para-hydroxylation sites is 2. The maximum absolute atomic E-state index is 10.3. The molecule has 6 aromatic rings. The molecule has 0 bridgehead atoms. The summed E-state index contributed by atoms with van der Waals surface area (Å²) in [4.78, 5) is 0. The van der Waals surface area contributed by atoms with Crippen LogP contribution in [0.2, 0.25) is 0 Å². The molecule has 0 N–H and O–H groups in total. The first-order chi connectivity index (χ1) is 19.7. The van der Waals surface area contributed by atoms with Crippen molar-refractivity contribution in [1.29, 1.82) is 5.26 Å². The largest absolute Gasteiger partial charge is 0.341 e. The van der Waals surface area contributed by atoms with Crippen molar-refractivity contribution in [2.24, 2.45) is 0 Å². The summed E-state index contributed by atoms with van der Waals surface area (Å²) >= 11 is 0. The molecule has 0 amide bonds. The number of rotatable bonds is 5. The third-order valence-electron chi connectivity index (χ3n) is 7.90. The van der Waals surface area contributed by atoms with E-state index in [9.17, 15) is 5.26 Å². The highest BCUT2D eigenvalue weighted by atomic mass is 15.3. The van der Waals surface area contributed by atoms with E-state index >= 15 is 0 Å². The van der Waals surface area contributed by atoms with Gasteiger partial charge in [-0.2, -0.15) is 10.4 Å². The number of hydrogen-bond donors (Lipinski definition) is 0. The van der Waals surface area contributed by atoms with Gasteiger partial charge in [0.15, 0.2) is 5.82 Å². The molecule has 0 saturated carbocycles. The molecule has 7 nitrogen and oxygen atoms in total. The van der Waals surface area contributed by atoms with Gasteiger partial charge in [-0.15, -0.1) is 10.2 Å². The predicted octanol–water partition coefficient (Wildman–Crippen LogP) is 7.05. The van der Waals surface area contributed by atoms with E-state index in [2.05, 4.69) is 74.8 Å². The van der Waals surface area contributed by atoms with E-state index in [1.807, 2.05) is 47.3 Å². The van der Waals surface area contributed by atoms with Crippen LogP contribution in [-0.2, 0) is 19.5 Å². The molecule has 1 aliphatic heterocycles. The van der Waals surface area contributed by atoms with E-state index < -0.39 is 0 Å². The van der Waals surface area contributed by atoms with Gasteiger partial charge in [0.05, 0.1) is 11.3 Å². The maximum atomic E-state index is 10.3. The fourth-order valence-electron chi connectivity index (χ4n) is 5.96. The third kappa shape index (κ3) is 4.00. The minimum Gasteiger partial charge on any atom is -0.341 e. The lowest BCUT2D eigenvalue weighted by Gasteiger charge is -2.06. The molecule has 3 aromatic heterocycles. The van der Waals surface area contributed by atoms with E-state index in [1.165, 1.54) is 28.2 Å². The summed E-state index contributed by atoms with van der Waals surface area (Å²) in [6, 6.07) is 27.6. The van der Waals surface area contributed by atoms with Crippen LogP contribution in [0.25, 0.3) is 50.4 Å². The van der Waals surface area contributed by atoms with Gasteiger partial charge in [-0.25, -0.2) is 4.68 Å². The molecule has 7 heteroatoms. The van der Waals surface area contributed by atoms with E-state index in [0.717, 1.165) is 60.7 Å². The van der Waals surface area contributed by atoms with Crippen molar-refractivity contribution in [3.05, 3.63) is 96.2 Å². The molecule has 7 rings (SSSR count). The van der Waals surface area contributed by atoms with Crippen molar-refractivity contribution in [3.8, 4) is 23.0 Å². The van der Waals surface area contributed by atoms with Gasteiger partial charge in [0.2, 0.25) is 0 Å². The van der Waals surface area contributed by atoms with Crippen molar-refractivity contribution < 1.29 is 0 Å². The van der Waals surface area contributed by atoms with Crippen molar-refractivity contribution in [2.45, 2.75) is 45.7 Å². The average molecular weight is 524 g/mol. The summed E-state index contributed by atoms with van der Waals surface area (Å²) < 4.78 is 6.36. The van der Waals surface area contributed by atoms with Gasteiger partial charge in [0.25, 0.3) is 0 Å². The number of aromatic nitrogens is 6. The van der Waals surface area contributed by atoms with Crippen molar-refractivity contribution in [2.75, 3.05) is 0 Å².